The molecule has 0 aromatic heterocycles. The van der Waals surface area contributed by atoms with Gasteiger partial charge in [0.1, 0.15) is 5.75 Å². The molecule has 0 bridgehead atoms. The van der Waals surface area contributed by atoms with Crippen LogP contribution in [0.4, 0.5) is 0 Å². The predicted molar refractivity (Wildman–Crippen MR) is 128 cm³/mol. The van der Waals surface area contributed by atoms with Crippen LogP contribution in [0.25, 0.3) is 11.1 Å². The highest BCUT2D eigenvalue weighted by Gasteiger charge is 2.40. The molecule has 1 aliphatic rings. The normalized spacial score (nSPS) is 15.2. The van der Waals surface area contributed by atoms with E-state index in [1.165, 1.54) is 5.56 Å². The lowest BCUT2D eigenvalue weighted by molar-refractivity contribution is -0.136. The average Bonchev–Trinajstić information content (AvgIpc) is 2.85. The third-order valence-corrected chi connectivity index (χ3v) is 6.36. The van der Waals surface area contributed by atoms with Crippen molar-refractivity contribution >= 4 is 5.91 Å². The second-order valence-corrected chi connectivity index (χ2v) is 8.46. The van der Waals surface area contributed by atoms with Gasteiger partial charge in [-0.15, -0.1) is 0 Å². The summed E-state index contributed by atoms with van der Waals surface area (Å²) in [5, 5.41) is 3.21. The van der Waals surface area contributed by atoms with Crippen LogP contribution in [0, 0.1) is 5.41 Å². The molecule has 166 valence electrons. The van der Waals surface area contributed by atoms with E-state index in [1.54, 1.807) is 7.11 Å². The minimum absolute atomic E-state index is 0.138. The van der Waals surface area contributed by atoms with Gasteiger partial charge in [-0.25, -0.2) is 0 Å². The molecule has 0 radical (unpaired) electrons. The second-order valence-electron chi connectivity index (χ2n) is 8.46. The number of carbonyl (C=O) groups is 1. The van der Waals surface area contributed by atoms with Crippen molar-refractivity contribution < 1.29 is 14.3 Å². The average molecular weight is 430 g/mol. The van der Waals surface area contributed by atoms with Crippen molar-refractivity contribution in [2.24, 2.45) is 5.41 Å². The van der Waals surface area contributed by atoms with Gasteiger partial charge < -0.3 is 14.8 Å². The van der Waals surface area contributed by atoms with Crippen molar-refractivity contribution in [1.29, 1.82) is 0 Å². The van der Waals surface area contributed by atoms with Crippen LogP contribution >= 0.6 is 0 Å². The summed E-state index contributed by atoms with van der Waals surface area (Å²) < 4.78 is 11.2. The van der Waals surface area contributed by atoms with Crippen molar-refractivity contribution in [3.8, 4) is 16.9 Å². The van der Waals surface area contributed by atoms with E-state index in [9.17, 15) is 4.79 Å². The number of rotatable bonds is 8. The SMILES string of the molecule is COc1ccccc1-c1cccc(CC2(C(=O)NCCc3ccccc3)CCOCC2)c1. The van der Waals surface area contributed by atoms with Crippen LogP contribution in [-0.4, -0.2) is 32.8 Å². The van der Waals surface area contributed by atoms with E-state index in [4.69, 9.17) is 9.47 Å². The van der Waals surface area contributed by atoms with Gasteiger partial charge in [-0.1, -0.05) is 72.8 Å². The van der Waals surface area contributed by atoms with Gasteiger partial charge in [0.2, 0.25) is 5.91 Å². The Balaban J connectivity index is 1.50. The molecule has 1 saturated heterocycles. The van der Waals surface area contributed by atoms with Crippen LogP contribution in [0.2, 0.25) is 0 Å². The minimum atomic E-state index is -0.436. The number of ether oxygens (including phenoxy) is 2. The van der Waals surface area contributed by atoms with Crippen LogP contribution < -0.4 is 10.1 Å². The number of hydrogen-bond donors (Lipinski definition) is 1. The van der Waals surface area contributed by atoms with Crippen LogP contribution in [0.15, 0.2) is 78.9 Å². The van der Waals surface area contributed by atoms with Gasteiger partial charge >= 0.3 is 0 Å². The van der Waals surface area contributed by atoms with Crippen molar-refractivity contribution in [3.63, 3.8) is 0 Å². The largest absolute Gasteiger partial charge is 0.496 e. The number of nitrogens with one attached hydrogen (secondary N) is 1. The number of methoxy groups -OCH3 is 1. The zero-order chi connectivity index (χ0) is 22.2. The predicted octanol–water partition coefficient (Wildman–Crippen LogP) is 5.06. The third-order valence-electron chi connectivity index (χ3n) is 6.36. The smallest absolute Gasteiger partial charge is 0.226 e. The topological polar surface area (TPSA) is 47.6 Å². The van der Waals surface area contributed by atoms with Crippen LogP contribution in [0.1, 0.15) is 24.0 Å². The fraction of sp³-hybridized carbons (Fsp3) is 0.321. The molecule has 32 heavy (non-hydrogen) atoms. The molecule has 4 heteroatoms. The van der Waals surface area contributed by atoms with Gasteiger partial charge in [0, 0.05) is 25.3 Å². The van der Waals surface area contributed by atoms with Crippen molar-refractivity contribution in [2.45, 2.75) is 25.7 Å². The fourth-order valence-corrected chi connectivity index (χ4v) is 4.52. The molecule has 4 rings (SSSR count). The lowest BCUT2D eigenvalue weighted by Crippen LogP contribution is -2.46. The number of hydrogen-bond acceptors (Lipinski definition) is 3. The summed E-state index contributed by atoms with van der Waals surface area (Å²) in [6.45, 7) is 1.89. The molecule has 0 atom stereocenters. The molecule has 0 unspecified atom stereocenters. The Kier molecular flexibility index (Phi) is 7.23. The van der Waals surface area contributed by atoms with Gasteiger partial charge in [-0.2, -0.15) is 0 Å². The van der Waals surface area contributed by atoms with Crippen molar-refractivity contribution in [2.75, 3.05) is 26.9 Å². The zero-order valence-corrected chi connectivity index (χ0v) is 18.7. The molecule has 4 nitrogen and oxygen atoms in total. The molecular weight excluding hydrogens is 398 g/mol. The molecule has 1 fully saturated rings. The molecule has 3 aromatic rings. The van der Waals surface area contributed by atoms with E-state index >= 15 is 0 Å². The van der Waals surface area contributed by atoms with Crippen molar-refractivity contribution in [3.05, 3.63) is 90.0 Å². The van der Waals surface area contributed by atoms with Crippen molar-refractivity contribution in [1.82, 2.24) is 5.32 Å². The van der Waals surface area contributed by atoms with Gasteiger partial charge in [0.05, 0.1) is 12.5 Å². The number of benzene rings is 3. The van der Waals surface area contributed by atoms with E-state index in [1.807, 2.05) is 36.4 Å². The van der Waals surface area contributed by atoms with E-state index < -0.39 is 5.41 Å². The van der Waals surface area contributed by atoms with E-state index in [0.29, 0.717) is 26.2 Å². The third kappa shape index (κ3) is 5.20. The molecule has 3 aromatic carbocycles. The first kappa shape index (κ1) is 22.1. The highest BCUT2D eigenvalue weighted by Crippen LogP contribution is 2.36. The highest BCUT2D eigenvalue weighted by atomic mass is 16.5. The molecule has 1 heterocycles. The number of carbonyl (C=O) groups excluding carboxylic acids is 1. The highest BCUT2D eigenvalue weighted by molar-refractivity contribution is 5.83. The molecular formula is C28H31NO3. The molecule has 0 spiro atoms. The van der Waals surface area contributed by atoms with Gasteiger partial charge in [0.15, 0.2) is 0 Å². The monoisotopic (exact) mass is 429 g/mol. The zero-order valence-electron chi connectivity index (χ0n) is 18.7. The van der Waals surface area contributed by atoms with E-state index in [0.717, 1.165) is 41.7 Å². The summed E-state index contributed by atoms with van der Waals surface area (Å²) in [5.74, 6) is 0.989. The summed E-state index contributed by atoms with van der Waals surface area (Å²) in [4.78, 5) is 13.4. The summed E-state index contributed by atoms with van der Waals surface area (Å²) in [6.07, 6.45) is 3.02. The maximum absolute atomic E-state index is 13.4. The standard InChI is InChI=1S/C28H31NO3/c1-31-26-13-6-5-12-25(26)24-11-7-10-23(20-24)21-28(15-18-32-19-16-28)27(30)29-17-14-22-8-3-2-4-9-22/h2-13,20H,14-19,21H2,1H3,(H,29,30). The lowest BCUT2D eigenvalue weighted by atomic mass is 9.74. The summed E-state index contributed by atoms with van der Waals surface area (Å²) >= 11 is 0. The molecule has 0 aliphatic carbocycles. The second kappa shape index (κ2) is 10.5. The number of para-hydroxylation sites is 1. The van der Waals surface area contributed by atoms with Gasteiger partial charge in [0.25, 0.3) is 0 Å². The molecule has 1 amide bonds. The Labute approximate surface area is 190 Å². The maximum atomic E-state index is 13.4. The minimum Gasteiger partial charge on any atom is -0.496 e. The number of amides is 1. The maximum Gasteiger partial charge on any atom is 0.226 e. The Morgan fingerprint density at radius 3 is 2.44 bits per heavy atom. The lowest BCUT2D eigenvalue weighted by Gasteiger charge is -2.36. The molecule has 1 aliphatic heterocycles. The van der Waals surface area contributed by atoms with Crippen LogP contribution in [0.5, 0.6) is 5.75 Å². The Hall–Kier alpha value is -3.11. The summed E-state index contributed by atoms with van der Waals surface area (Å²) in [7, 11) is 1.69. The van der Waals surface area contributed by atoms with E-state index in [-0.39, 0.29) is 5.91 Å². The first-order chi connectivity index (χ1) is 15.7. The van der Waals surface area contributed by atoms with Crippen LogP contribution in [0.3, 0.4) is 0 Å². The fourth-order valence-electron chi connectivity index (χ4n) is 4.52. The van der Waals surface area contributed by atoms with Gasteiger partial charge in [-0.05, 0) is 48.4 Å². The molecule has 1 N–H and O–H groups in total. The first-order valence-electron chi connectivity index (χ1n) is 11.3. The Bertz CT molecular complexity index is 1030. The summed E-state index contributed by atoms with van der Waals surface area (Å²) in [6, 6.07) is 26.8. The van der Waals surface area contributed by atoms with Crippen LogP contribution in [-0.2, 0) is 22.4 Å². The first-order valence-corrected chi connectivity index (χ1v) is 11.3. The van der Waals surface area contributed by atoms with E-state index in [2.05, 4.69) is 47.8 Å². The molecule has 0 saturated carbocycles. The summed E-state index contributed by atoms with van der Waals surface area (Å²) in [5.41, 5.74) is 4.12. The van der Waals surface area contributed by atoms with Gasteiger partial charge in [-0.3, -0.25) is 4.79 Å². The quantitative estimate of drug-likeness (QED) is 0.544. The Morgan fingerprint density at radius 1 is 0.938 bits per heavy atom. The Morgan fingerprint density at radius 2 is 1.66 bits per heavy atom.